The van der Waals surface area contributed by atoms with Crippen molar-refractivity contribution in [2.24, 2.45) is 4.36 Å². The summed E-state index contributed by atoms with van der Waals surface area (Å²) in [5.41, 5.74) is 1.58. The average molecular weight is 366 g/mol. The zero-order valence-electron chi connectivity index (χ0n) is 13.6. The summed E-state index contributed by atoms with van der Waals surface area (Å²) in [7, 11) is -3.04. The van der Waals surface area contributed by atoms with Crippen LogP contribution in [0.3, 0.4) is 0 Å². The monoisotopic (exact) mass is 365 g/mol. The Morgan fingerprint density at radius 1 is 1.12 bits per heavy atom. The van der Waals surface area contributed by atoms with Gasteiger partial charge in [0, 0.05) is 17.3 Å². The van der Waals surface area contributed by atoms with Crippen molar-refractivity contribution in [3.05, 3.63) is 59.1 Å². The van der Waals surface area contributed by atoms with Gasteiger partial charge in [0.2, 0.25) is 0 Å². The molecule has 5 nitrogen and oxygen atoms in total. The standard InChI is InChI=1S/C17H20ClN3O2S/c1-3-12-19-24(23,16-10-4-13(2)5-11-16)21-17(22)20-15-8-6-14(18)7-9-15/h4-11H,3,12H2,1-2H3,(H2,19,20,21,22,23). The molecule has 0 saturated heterocycles. The fraction of sp³-hybridized carbons (Fsp3) is 0.235. The molecule has 2 aromatic rings. The Bertz CT molecular complexity index is 811. The minimum Gasteiger partial charge on any atom is -0.306 e. The Kier molecular flexibility index (Phi) is 6.36. The van der Waals surface area contributed by atoms with Crippen LogP contribution in [0.4, 0.5) is 10.5 Å². The van der Waals surface area contributed by atoms with Crippen molar-refractivity contribution in [1.29, 1.82) is 0 Å². The zero-order chi connectivity index (χ0) is 17.6. The van der Waals surface area contributed by atoms with Gasteiger partial charge in [0.15, 0.2) is 0 Å². The van der Waals surface area contributed by atoms with Gasteiger partial charge in [0.05, 0.1) is 4.90 Å². The second-order valence-electron chi connectivity index (χ2n) is 5.26. The van der Waals surface area contributed by atoms with Crippen LogP contribution >= 0.6 is 11.6 Å². The number of hydrogen-bond acceptors (Lipinski definition) is 2. The molecule has 24 heavy (non-hydrogen) atoms. The Hall–Kier alpha value is -1.89. The van der Waals surface area contributed by atoms with Crippen molar-refractivity contribution in [1.82, 2.24) is 4.72 Å². The molecule has 0 fully saturated rings. The first-order valence-electron chi connectivity index (χ1n) is 7.58. The summed E-state index contributed by atoms with van der Waals surface area (Å²) in [6.45, 7) is 4.38. The largest absolute Gasteiger partial charge is 0.354 e. The third-order valence-corrected chi connectivity index (χ3v) is 5.38. The molecule has 2 aromatic carbocycles. The number of amides is 2. The first-order chi connectivity index (χ1) is 11.4. The number of benzene rings is 2. The molecule has 0 aliphatic rings. The minimum absolute atomic E-state index is 0.479. The van der Waals surface area contributed by atoms with Crippen LogP contribution in [0.15, 0.2) is 57.8 Å². The molecule has 0 heterocycles. The van der Waals surface area contributed by atoms with E-state index in [1.807, 2.05) is 26.0 Å². The number of halogens is 1. The van der Waals surface area contributed by atoms with Crippen LogP contribution in [0.25, 0.3) is 0 Å². The van der Waals surface area contributed by atoms with Crippen molar-refractivity contribution in [2.45, 2.75) is 25.2 Å². The molecule has 2 amide bonds. The van der Waals surface area contributed by atoms with Crippen LogP contribution in [0.2, 0.25) is 5.02 Å². The number of carbonyl (C=O) groups is 1. The van der Waals surface area contributed by atoms with Crippen molar-refractivity contribution < 1.29 is 9.00 Å². The molecule has 0 aliphatic heterocycles. The van der Waals surface area contributed by atoms with Crippen LogP contribution in [0.5, 0.6) is 0 Å². The zero-order valence-corrected chi connectivity index (χ0v) is 15.2. The van der Waals surface area contributed by atoms with Crippen LogP contribution < -0.4 is 10.0 Å². The van der Waals surface area contributed by atoms with Gasteiger partial charge in [0.25, 0.3) is 0 Å². The van der Waals surface area contributed by atoms with E-state index in [2.05, 4.69) is 14.4 Å². The van der Waals surface area contributed by atoms with Gasteiger partial charge in [0.1, 0.15) is 9.92 Å². The van der Waals surface area contributed by atoms with E-state index in [-0.39, 0.29) is 0 Å². The lowest BCUT2D eigenvalue weighted by Crippen LogP contribution is -2.26. The van der Waals surface area contributed by atoms with Gasteiger partial charge in [-0.1, -0.05) is 36.2 Å². The Balaban J connectivity index is 2.30. The fourth-order valence-corrected chi connectivity index (χ4v) is 3.66. The van der Waals surface area contributed by atoms with Gasteiger partial charge >= 0.3 is 6.03 Å². The van der Waals surface area contributed by atoms with E-state index >= 15 is 0 Å². The third kappa shape index (κ3) is 5.06. The molecule has 1 unspecified atom stereocenters. The van der Waals surface area contributed by atoms with E-state index in [9.17, 15) is 9.00 Å². The van der Waals surface area contributed by atoms with Crippen molar-refractivity contribution >= 4 is 33.2 Å². The van der Waals surface area contributed by atoms with Crippen LogP contribution in [0.1, 0.15) is 18.9 Å². The fourth-order valence-electron chi connectivity index (χ4n) is 1.93. The SMILES string of the molecule is CCCNS(=O)(=NC(=O)Nc1ccc(Cl)cc1)c1ccc(C)cc1. The summed E-state index contributed by atoms with van der Waals surface area (Å²) in [6, 6.07) is 13.1. The van der Waals surface area contributed by atoms with Gasteiger partial charge in [-0.05, 0) is 49.7 Å². The number of hydrogen-bond donors (Lipinski definition) is 2. The molecular weight excluding hydrogens is 346 g/mol. The quantitative estimate of drug-likeness (QED) is 0.811. The summed E-state index contributed by atoms with van der Waals surface area (Å²) in [6.07, 6.45) is 0.775. The first kappa shape index (κ1) is 18.4. The summed E-state index contributed by atoms with van der Waals surface area (Å²) in [5.74, 6) is 0. The molecule has 0 bridgehead atoms. The number of nitrogens with zero attached hydrogens (tertiary/aromatic N) is 1. The number of anilines is 1. The maximum atomic E-state index is 13.2. The van der Waals surface area contributed by atoms with Gasteiger partial charge in [-0.15, -0.1) is 4.36 Å². The van der Waals surface area contributed by atoms with Crippen molar-refractivity contribution in [3.63, 3.8) is 0 Å². The number of nitrogens with one attached hydrogen (secondary N) is 2. The Labute approximate surface area is 147 Å². The van der Waals surface area contributed by atoms with E-state index in [1.165, 1.54) is 0 Å². The number of rotatable bonds is 5. The lowest BCUT2D eigenvalue weighted by molar-refractivity contribution is 0.260. The second-order valence-corrected chi connectivity index (χ2v) is 7.69. The van der Waals surface area contributed by atoms with Crippen molar-refractivity contribution in [3.8, 4) is 0 Å². The summed E-state index contributed by atoms with van der Waals surface area (Å²) >= 11 is 5.81. The highest BCUT2D eigenvalue weighted by molar-refractivity contribution is 7.92. The van der Waals surface area contributed by atoms with Gasteiger partial charge in [-0.25, -0.2) is 13.7 Å². The third-order valence-electron chi connectivity index (χ3n) is 3.20. The molecular formula is C17H20ClN3O2S. The highest BCUT2D eigenvalue weighted by atomic mass is 35.5. The second kappa shape index (κ2) is 8.28. The molecule has 0 aromatic heterocycles. The van der Waals surface area contributed by atoms with E-state index in [4.69, 9.17) is 11.6 Å². The average Bonchev–Trinajstić information content (AvgIpc) is 2.55. The normalized spacial score (nSPS) is 13.1. The highest BCUT2D eigenvalue weighted by Crippen LogP contribution is 2.16. The van der Waals surface area contributed by atoms with Gasteiger partial charge in [-0.2, -0.15) is 0 Å². The molecule has 1 atom stereocenters. The molecule has 0 spiro atoms. The highest BCUT2D eigenvalue weighted by Gasteiger charge is 2.14. The summed E-state index contributed by atoms with van der Waals surface area (Å²) < 4.78 is 19.9. The predicted octanol–water partition coefficient (Wildman–Crippen LogP) is 4.62. The summed E-state index contributed by atoms with van der Waals surface area (Å²) in [4.78, 5) is 12.7. The van der Waals surface area contributed by atoms with Crippen LogP contribution in [-0.2, 0) is 9.92 Å². The molecule has 0 aliphatic carbocycles. The molecule has 7 heteroatoms. The Morgan fingerprint density at radius 3 is 2.33 bits per heavy atom. The lowest BCUT2D eigenvalue weighted by atomic mass is 10.2. The van der Waals surface area contributed by atoms with E-state index in [0.717, 1.165) is 12.0 Å². The van der Waals surface area contributed by atoms with Crippen molar-refractivity contribution in [2.75, 3.05) is 11.9 Å². The molecule has 2 N–H and O–H groups in total. The van der Waals surface area contributed by atoms with Gasteiger partial charge in [-0.3, -0.25) is 0 Å². The smallest absolute Gasteiger partial charge is 0.306 e. The maximum absolute atomic E-state index is 13.2. The molecule has 0 radical (unpaired) electrons. The molecule has 0 saturated carbocycles. The minimum atomic E-state index is -3.04. The van der Waals surface area contributed by atoms with E-state index in [0.29, 0.717) is 22.2 Å². The predicted molar refractivity (Wildman–Crippen MR) is 98.8 cm³/mol. The molecule has 2 rings (SSSR count). The number of aryl methyl sites for hydroxylation is 1. The number of carbonyl (C=O) groups excluding carboxylic acids is 1. The lowest BCUT2D eigenvalue weighted by Gasteiger charge is -2.12. The van der Waals surface area contributed by atoms with Crippen LogP contribution in [-0.4, -0.2) is 16.8 Å². The van der Waals surface area contributed by atoms with E-state index in [1.54, 1.807) is 36.4 Å². The Morgan fingerprint density at radius 2 is 1.75 bits per heavy atom. The topological polar surface area (TPSA) is 70.6 Å². The first-order valence-corrected chi connectivity index (χ1v) is 9.47. The van der Waals surface area contributed by atoms with Crippen LogP contribution in [0, 0.1) is 6.92 Å². The van der Waals surface area contributed by atoms with E-state index < -0.39 is 15.9 Å². The van der Waals surface area contributed by atoms with Gasteiger partial charge < -0.3 is 5.32 Å². The summed E-state index contributed by atoms with van der Waals surface area (Å²) in [5, 5.41) is 3.17. The molecule has 128 valence electrons. The maximum Gasteiger partial charge on any atom is 0.354 e. The number of urea groups is 1.